The van der Waals surface area contributed by atoms with Crippen LogP contribution < -0.4 is 4.74 Å². The summed E-state index contributed by atoms with van der Waals surface area (Å²) in [6.45, 7) is 4.82. The van der Waals surface area contributed by atoms with Gasteiger partial charge in [0.15, 0.2) is 0 Å². The third kappa shape index (κ3) is 3.66. The van der Waals surface area contributed by atoms with Gasteiger partial charge in [-0.25, -0.2) is 0 Å². The molecule has 1 saturated carbocycles. The Morgan fingerprint density at radius 2 is 2.00 bits per heavy atom. The summed E-state index contributed by atoms with van der Waals surface area (Å²) in [5.41, 5.74) is 1.87. The Bertz CT molecular complexity index is 717. The second-order valence-corrected chi connectivity index (χ2v) is 7.47. The Labute approximate surface area is 151 Å². The normalized spacial score (nSPS) is 14.0. The molecule has 1 aliphatic rings. The van der Waals surface area contributed by atoms with E-state index in [1.165, 1.54) is 0 Å². The van der Waals surface area contributed by atoms with Gasteiger partial charge in [-0.3, -0.25) is 4.79 Å². The lowest BCUT2D eigenvalue weighted by atomic mass is 10.2. The number of amides is 1. The summed E-state index contributed by atoms with van der Waals surface area (Å²) in [6.07, 6.45) is 4.16. The van der Waals surface area contributed by atoms with E-state index in [2.05, 4.69) is 29.8 Å². The van der Waals surface area contributed by atoms with E-state index in [0.717, 1.165) is 34.3 Å². The summed E-state index contributed by atoms with van der Waals surface area (Å²) in [6, 6.07) is 10.5. The fourth-order valence-corrected chi connectivity index (χ4v) is 3.31. The molecule has 0 bridgehead atoms. The van der Waals surface area contributed by atoms with Crippen LogP contribution >= 0.6 is 15.9 Å². The molecule has 1 aromatic carbocycles. The van der Waals surface area contributed by atoms with Crippen LogP contribution in [0.4, 0.5) is 0 Å². The van der Waals surface area contributed by atoms with Crippen LogP contribution in [0.3, 0.4) is 0 Å². The predicted octanol–water partition coefficient (Wildman–Crippen LogP) is 4.64. The number of halogens is 1. The molecule has 0 spiro atoms. The highest BCUT2D eigenvalue weighted by atomic mass is 79.9. The van der Waals surface area contributed by atoms with Crippen molar-refractivity contribution in [1.29, 1.82) is 0 Å². The van der Waals surface area contributed by atoms with Gasteiger partial charge in [-0.1, -0.05) is 12.1 Å². The van der Waals surface area contributed by atoms with Gasteiger partial charge in [0.1, 0.15) is 11.4 Å². The predicted molar refractivity (Wildman–Crippen MR) is 98.4 cm³/mol. The van der Waals surface area contributed by atoms with Crippen LogP contribution in [-0.4, -0.2) is 28.5 Å². The van der Waals surface area contributed by atoms with Crippen molar-refractivity contribution in [3.05, 3.63) is 52.3 Å². The van der Waals surface area contributed by atoms with E-state index < -0.39 is 0 Å². The lowest BCUT2D eigenvalue weighted by Crippen LogP contribution is -2.34. The van der Waals surface area contributed by atoms with Gasteiger partial charge in [-0.05, 0) is 66.4 Å². The largest absolute Gasteiger partial charge is 0.497 e. The van der Waals surface area contributed by atoms with E-state index in [1.807, 2.05) is 46.0 Å². The van der Waals surface area contributed by atoms with Crippen molar-refractivity contribution >= 4 is 21.8 Å². The molecule has 1 amide bonds. The van der Waals surface area contributed by atoms with Crippen LogP contribution in [0.1, 0.15) is 48.8 Å². The quantitative estimate of drug-likeness (QED) is 0.719. The van der Waals surface area contributed by atoms with E-state index in [-0.39, 0.29) is 11.9 Å². The lowest BCUT2D eigenvalue weighted by Gasteiger charge is -2.24. The van der Waals surface area contributed by atoms with Crippen molar-refractivity contribution in [2.24, 2.45) is 0 Å². The minimum absolute atomic E-state index is 0.104. The fourth-order valence-electron chi connectivity index (χ4n) is 2.87. The molecule has 1 heterocycles. The highest BCUT2D eigenvalue weighted by Gasteiger charge is 2.34. The Morgan fingerprint density at radius 3 is 2.54 bits per heavy atom. The third-order valence-electron chi connectivity index (χ3n) is 4.35. The molecular formula is C19H23BrN2O2. The first kappa shape index (κ1) is 17.1. The number of rotatable bonds is 6. The number of carbonyl (C=O) groups is 1. The van der Waals surface area contributed by atoms with E-state index >= 15 is 0 Å². The molecule has 3 rings (SSSR count). The molecule has 128 valence electrons. The fraction of sp³-hybridized carbons (Fsp3) is 0.421. The molecule has 1 fully saturated rings. The molecule has 0 unspecified atom stereocenters. The topological polar surface area (TPSA) is 34.5 Å². The summed E-state index contributed by atoms with van der Waals surface area (Å²) in [5.74, 6) is 0.938. The summed E-state index contributed by atoms with van der Waals surface area (Å²) < 4.78 is 8.19. The van der Waals surface area contributed by atoms with Crippen molar-refractivity contribution in [2.45, 2.75) is 45.3 Å². The zero-order chi connectivity index (χ0) is 17.3. The average Bonchev–Trinajstić information content (AvgIpc) is 3.33. The number of carbonyl (C=O) groups excluding carboxylic acids is 1. The molecule has 2 aromatic rings. The zero-order valence-electron chi connectivity index (χ0n) is 14.3. The first-order valence-corrected chi connectivity index (χ1v) is 9.10. The SMILES string of the molecule is COc1ccc(CN(C(=O)c2cc(Br)cn2C(C)C)C2CC2)cc1. The third-order valence-corrected chi connectivity index (χ3v) is 4.78. The van der Waals surface area contributed by atoms with E-state index in [4.69, 9.17) is 4.74 Å². The van der Waals surface area contributed by atoms with Gasteiger partial charge in [0.2, 0.25) is 0 Å². The molecule has 0 N–H and O–H groups in total. The number of hydrogen-bond acceptors (Lipinski definition) is 2. The summed E-state index contributed by atoms with van der Waals surface area (Å²) >= 11 is 3.50. The maximum atomic E-state index is 13.2. The first-order valence-electron chi connectivity index (χ1n) is 8.31. The number of hydrogen-bond donors (Lipinski definition) is 0. The summed E-state index contributed by atoms with van der Waals surface area (Å²) in [4.78, 5) is 15.2. The van der Waals surface area contributed by atoms with Crippen molar-refractivity contribution < 1.29 is 9.53 Å². The first-order chi connectivity index (χ1) is 11.5. The van der Waals surface area contributed by atoms with Crippen molar-refractivity contribution in [3.8, 4) is 5.75 Å². The van der Waals surface area contributed by atoms with Gasteiger partial charge in [0.05, 0.1) is 7.11 Å². The number of methoxy groups -OCH3 is 1. The average molecular weight is 391 g/mol. The van der Waals surface area contributed by atoms with Gasteiger partial charge < -0.3 is 14.2 Å². The second kappa shape index (κ2) is 7.01. The molecule has 1 aliphatic carbocycles. The molecule has 4 nitrogen and oxygen atoms in total. The monoisotopic (exact) mass is 390 g/mol. The zero-order valence-corrected chi connectivity index (χ0v) is 15.9. The highest BCUT2D eigenvalue weighted by Crippen LogP contribution is 2.31. The minimum atomic E-state index is 0.104. The molecular weight excluding hydrogens is 368 g/mol. The standard InChI is InChI=1S/C19H23BrN2O2/c1-13(2)21-12-15(20)10-18(21)19(23)22(16-6-7-16)11-14-4-8-17(24-3)9-5-14/h4-5,8-10,12-13,16H,6-7,11H2,1-3H3. The molecule has 0 atom stereocenters. The van der Waals surface area contributed by atoms with Crippen molar-refractivity contribution in [3.63, 3.8) is 0 Å². The Kier molecular flexibility index (Phi) is 4.99. The molecule has 5 heteroatoms. The van der Waals surface area contributed by atoms with Crippen LogP contribution in [0.25, 0.3) is 0 Å². The molecule has 24 heavy (non-hydrogen) atoms. The van der Waals surface area contributed by atoms with Crippen LogP contribution in [-0.2, 0) is 6.54 Å². The van der Waals surface area contributed by atoms with Crippen LogP contribution in [0.5, 0.6) is 5.75 Å². The van der Waals surface area contributed by atoms with Crippen LogP contribution in [0, 0.1) is 0 Å². The van der Waals surface area contributed by atoms with Crippen molar-refractivity contribution in [1.82, 2.24) is 9.47 Å². The van der Waals surface area contributed by atoms with Gasteiger partial charge in [0.25, 0.3) is 5.91 Å². The van der Waals surface area contributed by atoms with Crippen LogP contribution in [0.15, 0.2) is 41.0 Å². The molecule has 0 aliphatic heterocycles. The Morgan fingerprint density at radius 1 is 1.33 bits per heavy atom. The van der Waals surface area contributed by atoms with E-state index in [0.29, 0.717) is 12.6 Å². The number of nitrogens with zero attached hydrogens (tertiary/aromatic N) is 2. The maximum Gasteiger partial charge on any atom is 0.271 e. The van der Waals surface area contributed by atoms with E-state index in [1.54, 1.807) is 7.11 Å². The van der Waals surface area contributed by atoms with Gasteiger partial charge in [-0.2, -0.15) is 0 Å². The van der Waals surface area contributed by atoms with Gasteiger partial charge in [-0.15, -0.1) is 0 Å². The van der Waals surface area contributed by atoms with Crippen molar-refractivity contribution in [2.75, 3.05) is 7.11 Å². The van der Waals surface area contributed by atoms with E-state index in [9.17, 15) is 4.79 Å². The maximum absolute atomic E-state index is 13.2. The Balaban J connectivity index is 1.84. The summed E-state index contributed by atoms with van der Waals surface area (Å²) in [7, 11) is 1.66. The molecule has 0 radical (unpaired) electrons. The van der Waals surface area contributed by atoms with Gasteiger partial charge in [0, 0.05) is 29.3 Å². The molecule has 1 aromatic heterocycles. The minimum Gasteiger partial charge on any atom is -0.497 e. The molecule has 0 saturated heterocycles. The van der Waals surface area contributed by atoms with Gasteiger partial charge >= 0.3 is 0 Å². The smallest absolute Gasteiger partial charge is 0.271 e. The highest BCUT2D eigenvalue weighted by molar-refractivity contribution is 9.10. The number of benzene rings is 1. The number of ether oxygens (including phenoxy) is 1. The number of aromatic nitrogens is 1. The Hall–Kier alpha value is -1.75. The summed E-state index contributed by atoms with van der Waals surface area (Å²) in [5, 5.41) is 0. The lowest BCUT2D eigenvalue weighted by molar-refractivity contribution is 0.0717. The second-order valence-electron chi connectivity index (χ2n) is 6.56. The van der Waals surface area contributed by atoms with Crippen LogP contribution in [0.2, 0.25) is 0 Å².